The van der Waals surface area contributed by atoms with E-state index in [-0.39, 0.29) is 0 Å². The van der Waals surface area contributed by atoms with E-state index >= 15 is 0 Å². The predicted molar refractivity (Wildman–Crippen MR) is 76.8 cm³/mol. The van der Waals surface area contributed by atoms with Crippen LogP contribution in [0.25, 0.3) is 11.1 Å². The molecular formula is C12H7Cl2N3OS. The van der Waals surface area contributed by atoms with E-state index in [0.29, 0.717) is 37.1 Å². The zero-order chi connectivity index (χ0) is 13.4. The number of pyridine rings is 1. The lowest BCUT2D eigenvalue weighted by atomic mass is 10.3. The number of nitrogen functional groups attached to an aromatic ring is 1. The molecule has 0 radical (unpaired) electrons. The van der Waals surface area contributed by atoms with Crippen molar-refractivity contribution in [2.45, 2.75) is 10.2 Å². The first-order valence-electron chi connectivity index (χ1n) is 5.27. The monoisotopic (exact) mass is 311 g/mol. The Morgan fingerprint density at radius 1 is 1.21 bits per heavy atom. The third kappa shape index (κ3) is 2.63. The number of hydrogen-bond donors (Lipinski definition) is 1. The average Bonchev–Trinajstić information content (AvgIpc) is 2.74. The molecule has 0 unspecified atom stereocenters. The summed E-state index contributed by atoms with van der Waals surface area (Å²) in [6.45, 7) is 0. The van der Waals surface area contributed by atoms with E-state index in [0.717, 1.165) is 0 Å². The van der Waals surface area contributed by atoms with Gasteiger partial charge in [0.1, 0.15) is 10.5 Å². The number of rotatable bonds is 2. The third-order valence-electron chi connectivity index (χ3n) is 2.35. The van der Waals surface area contributed by atoms with Gasteiger partial charge in [-0.1, -0.05) is 23.2 Å². The van der Waals surface area contributed by atoms with Crippen LogP contribution in [0.2, 0.25) is 10.0 Å². The molecule has 2 N–H and O–H groups in total. The minimum absolute atomic E-state index is 0.456. The largest absolute Gasteiger partial charge is 0.431 e. The fraction of sp³-hybridized carbons (Fsp3) is 0. The minimum atomic E-state index is 0.456. The summed E-state index contributed by atoms with van der Waals surface area (Å²) >= 11 is 13.1. The number of hydrogen-bond acceptors (Lipinski definition) is 5. The molecule has 0 aliphatic rings. The van der Waals surface area contributed by atoms with Crippen molar-refractivity contribution in [3.63, 3.8) is 0 Å². The van der Waals surface area contributed by atoms with Gasteiger partial charge in [0.05, 0.1) is 10.0 Å². The number of fused-ring (bicyclic) bond motifs is 1. The molecule has 0 saturated carbocycles. The molecule has 0 spiro atoms. The lowest BCUT2D eigenvalue weighted by molar-refractivity contribution is 0.489. The second-order valence-electron chi connectivity index (χ2n) is 3.75. The van der Waals surface area contributed by atoms with Crippen molar-refractivity contribution in [2.24, 2.45) is 0 Å². The molecule has 0 aliphatic heterocycles. The normalized spacial score (nSPS) is 11.1. The molecule has 3 rings (SSSR count). The second kappa shape index (κ2) is 4.92. The Kier molecular flexibility index (Phi) is 3.26. The average molecular weight is 312 g/mol. The minimum Gasteiger partial charge on any atom is -0.431 e. The van der Waals surface area contributed by atoms with Gasteiger partial charge < -0.3 is 10.2 Å². The Labute approximate surface area is 122 Å². The zero-order valence-corrected chi connectivity index (χ0v) is 11.8. The van der Waals surface area contributed by atoms with Gasteiger partial charge in [-0.05, 0) is 36.0 Å². The molecule has 0 aliphatic carbocycles. The topological polar surface area (TPSA) is 64.9 Å². The Morgan fingerprint density at radius 2 is 2.05 bits per heavy atom. The van der Waals surface area contributed by atoms with Crippen molar-refractivity contribution in [1.82, 2.24) is 9.97 Å². The molecule has 4 nitrogen and oxygen atoms in total. The first kappa shape index (κ1) is 12.6. The maximum atomic E-state index is 6.05. The Balaban J connectivity index is 1.96. The fourth-order valence-electron chi connectivity index (χ4n) is 1.53. The molecular weight excluding hydrogens is 305 g/mol. The fourth-order valence-corrected chi connectivity index (χ4v) is 2.73. The van der Waals surface area contributed by atoms with Crippen LogP contribution in [-0.2, 0) is 0 Å². The van der Waals surface area contributed by atoms with E-state index in [1.54, 1.807) is 24.3 Å². The molecule has 0 fully saturated rings. The summed E-state index contributed by atoms with van der Waals surface area (Å²) in [5.41, 5.74) is 7.70. The highest BCUT2D eigenvalue weighted by Crippen LogP contribution is 2.34. The van der Waals surface area contributed by atoms with Gasteiger partial charge in [0.15, 0.2) is 5.58 Å². The highest BCUT2D eigenvalue weighted by Gasteiger charge is 2.11. The molecule has 96 valence electrons. The van der Waals surface area contributed by atoms with Crippen molar-refractivity contribution in [1.29, 1.82) is 0 Å². The molecule has 3 aromatic rings. The molecule has 0 amide bonds. The smallest absolute Gasteiger partial charge is 0.263 e. The Bertz CT molecular complexity index is 760. The van der Waals surface area contributed by atoms with Crippen LogP contribution in [0.5, 0.6) is 0 Å². The van der Waals surface area contributed by atoms with Crippen molar-refractivity contribution in [3.8, 4) is 0 Å². The molecule has 0 bridgehead atoms. The standard InChI is InChI=1S/C12H7Cl2N3OS/c13-6-3-8(14)11(16-5-6)19-12-17-9-4-7(15)1-2-10(9)18-12/h1-5H,15H2. The summed E-state index contributed by atoms with van der Waals surface area (Å²) in [4.78, 5) is 8.45. The molecule has 2 aromatic heterocycles. The molecule has 2 heterocycles. The highest BCUT2D eigenvalue weighted by molar-refractivity contribution is 7.99. The van der Waals surface area contributed by atoms with E-state index < -0.39 is 0 Å². The molecule has 7 heteroatoms. The first-order chi connectivity index (χ1) is 9.11. The molecule has 0 atom stereocenters. The summed E-state index contributed by atoms with van der Waals surface area (Å²) in [6, 6.07) is 6.91. The Morgan fingerprint density at radius 3 is 2.84 bits per heavy atom. The van der Waals surface area contributed by atoms with Crippen LogP contribution in [0.15, 0.2) is 45.1 Å². The highest BCUT2D eigenvalue weighted by atomic mass is 35.5. The van der Waals surface area contributed by atoms with Crippen molar-refractivity contribution in [2.75, 3.05) is 5.73 Å². The number of halogens is 2. The lowest BCUT2D eigenvalue weighted by Crippen LogP contribution is -1.82. The van der Waals surface area contributed by atoms with Gasteiger partial charge in [-0.2, -0.15) is 0 Å². The zero-order valence-electron chi connectivity index (χ0n) is 9.43. The van der Waals surface area contributed by atoms with E-state index in [4.69, 9.17) is 33.4 Å². The van der Waals surface area contributed by atoms with E-state index in [9.17, 15) is 0 Å². The SMILES string of the molecule is Nc1ccc2oc(Sc3ncc(Cl)cc3Cl)nc2c1. The predicted octanol–water partition coefficient (Wildman–Crippen LogP) is 4.26. The summed E-state index contributed by atoms with van der Waals surface area (Å²) in [7, 11) is 0. The van der Waals surface area contributed by atoms with E-state index in [1.165, 1.54) is 18.0 Å². The summed E-state index contributed by atoms with van der Waals surface area (Å²) in [6.07, 6.45) is 1.52. The van der Waals surface area contributed by atoms with Crippen LogP contribution >= 0.6 is 35.0 Å². The van der Waals surface area contributed by atoms with Crippen molar-refractivity contribution >= 4 is 51.8 Å². The number of benzene rings is 1. The lowest BCUT2D eigenvalue weighted by Gasteiger charge is -1.99. The van der Waals surface area contributed by atoms with E-state index in [2.05, 4.69) is 9.97 Å². The van der Waals surface area contributed by atoms with Crippen molar-refractivity contribution < 1.29 is 4.42 Å². The third-order valence-corrected chi connectivity index (χ3v) is 3.82. The van der Waals surface area contributed by atoms with Gasteiger partial charge in [-0.25, -0.2) is 9.97 Å². The quantitative estimate of drug-likeness (QED) is 0.716. The van der Waals surface area contributed by atoms with Crippen LogP contribution in [0.4, 0.5) is 5.69 Å². The summed E-state index contributed by atoms with van der Waals surface area (Å²) < 4.78 is 5.58. The molecule has 19 heavy (non-hydrogen) atoms. The van der Waals surface area contributed by atoms with Crippen LogP contribution in [0.3, 0.4) is 0 Å². The van der Waals surface area contributed by atoms with Gasteiger partial charge in [-0.15, -0.1) is 0 Å². The second-order valence-corrected chi connectivity index (χ2v) is 5.53. The number of anilines is 1. The maximum Gasteiger partial charge on any atom is 0.263 e. The van der Waals surface area contributed by atoms with Crippen LogP contribution in [0, 0.1) is 0 Å². The summed E-state index contributed by atoms with van der Waals surface area (Å²) in [5, 5.41) is 1.99. The number of nitrogens with two attached hydrogens (primary N) is 1. The Hall–Kier alpha value is -1.43. The van der Waals surface area contributed by atoms with Crippen LogP contribution in [0.1, 0.15) is 0 Å². The van der Waals surface area contributed by atoms with Gasteiger partial charge in [0.2, 0.25) is 0 Å². The number of aromatic nitrogens is 2. The molecule has 1 aromatic carbocycles. The number of oxazole rings is 1. The van der Waals surface area contributed by atoms with Gasteiger partial charge in [-0.3, -0.25) is 0 Å². The van der Waals surface area contributed by atoms with E-state index in [1.807, 2.05) is 0 Å². The van der Waals surface area contributed by atoms with Crippen LogP contribution < -0.4 is 5.73 Å². The van der Waals surface area contributed by atoms with Gasteiger partial charge >= 0.3 is 0 Å². The maximum absolute atomic E-state index is 6.05. The van der Waals surface area contributed by atoms with Crippen molar-refractivity contribution in [3.05, 3.63) is 40.5 Å². The van der Waals surface area contributed by atoms with Crippen LogP contribution in [-0.4, -0.2) is 9.97 Å². The van der Waals surface area contributed by atoms with Gasteiger partial charge in [0, 0.05) is 11.9 Å². The number of nitrogens with zero attached hydrogens (tertiary/aromatic N) is 2. The molecule has 0 saturated heterocycles. The summed E-state index contributed by atoms with van der Waals surface area (Å²) in [5.74, 6) is 0. The van der Waals surface area contributed by atoms with Gasteiger partial charge in [0.25, 0.3) is 5.22 Å². The first-order valence-corrected chi connectivity index (χ1v) is 6.84.